The van der Waals surface area contributed by atoms with Gasteiger partial charge in [-0.2, -0.15) is 0 Å². The maximum atomic E-state index is 12.4. The van der Waals surface area contributed by atoms with E-state index in [1.165, 1.54) is 12.8 Å². The number of piperidine rings is 1. The fourth-order valence-corrected chi connectivity index (χ4v) is 3.66. The molecular weight excluding hydrogens is 288 g/mol. The average Bonchev–Trinajstić information content (AvgIpc) is 2.85. The van der Waals surface area contributed by atoms with E-state index in [0.29, 0.717) is 12.5 Å². The van der Waals surface area contributed by atoms with Crippen LogP contribution in [0.25, 0.3) is 0 Å². The van der Waals surface area contributed by atoms with Crippen LogP contribution in [0.2, 0.25) is 0 Å². The molecule has 0 amide bonds. The van der Waals surface area contributed by atoms with Gasteiger partial charge in [0.2, 0.25) is 0 Å². The molecule has 0 aromatic carbocycles. The Hall–Kier alpha value is -0.320. The van der Waals surface area contributed by atoms with Crippen molar-refractivity contribution < 1.29 is 9.53 Å². The first-order valence-corrected chi connectivity index (χ1v) is 8.19. The maximum absolute atomic E-state index is 12.4. The number of nitrogens with zero attached hydrogens (tertiary/aromatic N) is 1. The Kier molecular flexibility index (Phi) is 7.45. The second-order valence-corrected chi connectivity index (χ2v) is 6.73. The third-order valence-electron chi connectivity index (χ3n) is 5.08. The molecule has 2 saturated heterocycles. The van der Waals surface area contributed by atoms with Crippen molar-refractivity contribution in [2.24, 2.45) is 17.3 Å². The van der Waals surface area contributed by atoms with Crippen molar-refractivity contribution in [3.63, 3.8) is 0 Å². The van der Waals surface area contributed by atoms with Gasteiger partial charge in [0.15, 0.2) is 0 Å². The fraction of sp³-hybridized carbons (Fsp3) is 0.938. The van der Waals surface area contributed by atoms with Gasteiger partial charge in [0.05, 0.1) is 12.0 Å². The number of carbonyl (C=O) groups excluding carboxylic acids is 1. The summed E-state index contributed by atoms with van der Waals surface area (Å²) < 4.78 is 5.35. The zero-order chi connectivity index (χ0) is 14.6. The zero-order valence-corrected chi connectivity index (χ0v) is 14.5. The molecular formula is C16H31ClN2O2. The smallest absolute Gasteiger partial charge is 0.313 e. The van der Waals surface area contributed by atoms with Crippen molar-refractivity contribution in [1.82, 2.24) is 10.2 Å². The summed E-state index contributed by atoms with van der Waals surface area (Å²) in [5, 5.41) is 3.48. The Morgan fingerprint density at radius 1 is 1.48 bits per heavy atom. The molecule has 2 aliphatic heterocycles. The summed E-state index contributed by atoms with van der Waals surface area (Å²) in [6.45, 7) is 12.0. The van der Waals surface area contributed by atoms with Gasteiger partial charge in [0.25, 0.3) is 0 Å². The van der Waals surface area contributed by atoms with E-state index in [-0.39, 0.29) is 23.8 Å². The summed E-state index contributed by atoms with van der Waals surface area (Å²) in [4.78, 5) is 14.9. The average molecular weight is 319 g/mol. The Bertz CT molecular complexity index is 332. The summed E-state index contributed by atoms with van der Waals surface area (Å²) in [6, 6.07) is 0. The molecule has 4 nitrogen and oxygen atoms in total. The van der Waals surface area contributed by atoms with Gasteiger partial charge in [-0.3, -0.25) is 4.79 Å². The zero-order valence-electron chi connectivity index (χ0n) is 13.7. The van der Waals surface area contributed by atoms with Gasteiger partial charge in [0, 0.05) is 13.1 Å². The lowest BCUT2D eigenvalue weighted by molar-refractivity contribution is -0.157. The third kappa shape index (κ3) is 4.33. The van der Waals surface area contributed by atoms with Crippen LogP contribution in [0.4, 0.5) is 0 Å². The minimum Gasteiger partial charge on any atom is -0.466 e. The third-order valence-corrected chi connectivity index (χ3v) is 5.08. The van der Waals surface area contributed by atoms with Gasteiger partial charge in [0.1, 0.15) is 0 Å². The van der Waals surface area contributed by atoms with Crippen LogP contribution in [0.3, 0.4) is 0 Å². The van der Waals surface area contributed by atoms with Gasteiger partial charge in [-0.1, -0.05) is 13.8 Å². The number of hydrogen-bond acceptors (Lipinski definition) is 4. The molecule has 124 valence electrons. The quantitative estimate of drug-likeness (QED) is 0.790. The molecule has 0 spiro atoms. The summed E-state index contributed by atoms with van der Waals surface area (Å²) in [5.74, 6) is 1.10. The van der Waals surface area contributed by atoms with Crippen LogP contribution in [0.15, 0.2) is 0 Å². The molecule has 2 fully saturated rings. The lowest BCUT2D eigenvalue weighted by Gasteiger charge is -2.32. The Morgan fingerprint density at radius 2 is 2.24 bits per heavy atom. The molecule has 0 aliphatic carbocycles. The molecule has 2 atom stereocenters. The molecule has 2 aliphatic rings. The fourth-order valence-electron chi connectivity index (χ4n) is 3.66. The Balaban J connectivity index is 0.00000220. The van der Waals surface area contributed by atoms with Crippen molar-refractivity contribution in [3.05, 3.63) is 0 Å². The Morgan fingerprint density at radius 3 is 2.81 bits per heavy atom. The number of halogens is 1. The van der Waals surface area contributed by atoms with Crippen LogP contribution in [0.5, 0.6) is 0 Å². The second kappa shape index (κ2) is 8.35. The van der Waals surface area contributed by atoms with E-state index in [1.54, 1.807) is 0 Å². The topological polar surface area (TPSA) is 41.6 Å². The number of carbonyl (C=O) groups is 1. The van der Waals surface area contributed by atoms with Gasteiger partial charge >= 0.3 is 5.97 Å². The first-order valence-electron chi connectivity index (χ1n) is 8.19. The molecule has 2 heterocycles. The predicted octanol–water partition coefficient (Wildman–Crippen LogP) is 2.32. The maximum Gasteiger partial charge on any atom is 0.313 e. The molecule has 0 saturated carbocycles. The van der Waals surface area contributed by atoms with E-state index < -0.39 is 0 Å². The van der Waals surface area contributed by atoms with Crippen LogP contribution in [0, 0.1) is 17.3 Å². The molecule has 0 aromatic heterocycles. The van der Waals surface area contributed by atoms with E-state index in [9.17, 15) is 4.79 Å². The van der Waals surface area contributed by atoms with Crippen molar-refractivity contribution in [2.45, 2.75) is 40.0 Å². The molecule has 5 heteroatoms. The lowest BCUT2D eigenvalue weighted by Crippen LogP contribution is -2.42. The number of likely N-dealkylation sites (tertiary alicyclic amines) is 1. The normalized spacial score (nSPS) is 30.2. The van der Waals surface area contributed by atoms with Crippen molar-refractivity contribution in [3.8, 4) is 0 Å². The molecule has 1 N–H and O–H groups in total. The van der Waals surface area contributed by atoms with Gasteiger partial charge in [-0.15, -0.1) is 12.4 Å². The van der Waals surface area contributed by atoms with Crippen LogP contribution in [-0.4, -0.2) is 50.2 Å². The van der Waals surface area contributed by atoms with Crippen molar-refractivity contribution in [1.29, 1.82) is 0 Å². The highest BCUT2D eigenvalue weighted by molar-refractivity contribution is 5.85. The molecule has 2 unspecified atom stereocenters. The van der Waals surface area contributed by atoms with E-state index in [1.807, 2.05) is 6.92 Å². The first-order chi connectivity index (χ1) is 9.58. The monoisotopic (exact) mass is 318 g/mol. The SMILES string of the molecule is CCOC(=O)C1(C(C)C)CCN(CC2CCCNC2)C1.Cl. The minimum absolute atomic E-state index is 0. The largest absolute Gasteiger partial charge is 0.466 e. The highest BCUT2D eigenvalue weighted by atomic mass is 35.5. The van der Waals surface area contributed by atoms with Gasteiger partial charge in [-0.05, 0) is 57.7 Å². The Labute approximate surface area is 135 Å². The minimum atomic E-state index is -0.280. The summed E-state index contributed by atoms with van der Waals surface area (Å²) in [5.41, 5.74) is -0.280. The lowest BCUT2D eigenvalue weighted by atomic mass is 9.76. The number of rotatable bonds is 5. The number of ether oxygens (including phenoxy) is 1. The second-order valence-electron chi connectivity index (χ2n) is 6.73. The molecule has 0 bridgehead atoms. The molecule has 0 radical (unpaired) electrons. The van der Waals surface area contributed by atoms with Gasteiger partial charge in [-0.25, -0.2) is 0 Å². The van der Waals surface area contributed by atoms with E-state index >= 15 is 0 Å². The van der Waals surface area contributed by atoms with Gasteiger partial charge < -0.3 is 15.0 Å². The summed E-state index contributed by atoms with van der Waals surface area (Å²) in [6.07, 6.45) is 3.55. The first kappa shape index (κ1) is 18.7. The van der Waals surface area contributed by atoms with E-state index in [4.69, 9.17) is 4.74 Å². The standard InChI is InChI=1S/C16H30N2O2.ClH/c1-4-20-15(19)16(13(2)3)7-9-18(12-16)11-14-6-5-8-17-10-14;/h13-14,17H,4-12H2,1-3H3;1H. The number of esters is 1. The highest BCUT2D eigenvalue weighted by Crippen LogP contribution is 2.39. The molecule has 2 rings (SSSR count). The molecule has 21 heavy (non-hydrogen) atoms. The van der Waals surface area contributed by atoms with Crippen LogP contribution >= 0.6 is 12.4 Å². The van der Waals surface area contributed by atoms with Crippen LogP contribution < -0.4 is 5.32 Å². The van der Waals surface area contributed by atoms with Crippen LogP contribution in [0.1, 0.15) is 40.0 Å². The number of nitrogens with one attached hydrogen (secondary N) is 1. The summed E-state index contributed by atoms with van der Waals surface area (Å²) in [7, 11) is 0. The van der Waals surface area contributed by atoms with E-state index in [2.05, 4.69) is 24.1 Å². The van der Waals surface area contributed by atoms with Crippen molar-refractivity contribution >= 4 is 18.4 Å². The van der Waals surface area contributed by atoms with Crippen LogP contribution in [-0.2, 0) is 9.53 Å². The van der Waals surface area contributed by atoms with Crippen molar-refractivity contribution in [2.75, 3.05) is 39.3 Å². The summed E-state index contributed by atoms with van der Waals surface area (Å²) >= 11 is 0. The molecule has 0 aromatic rings. The number of hydrogen-bond donors (Lipinski definition) is 1. The predicted molar refractivity (Wildman–Crippen MR) is 87.8 cm³/mol. The highest BCUT2D eigenvalue weighted by Gasteiger charge is 2.48. The van der Waals surface area contributed by atoms with E-state index in [0.717, 1.165) is 45.1 Å².